The fraction of sp³-hybridized carbons (Fsp3) is 0.227. The van der Waals surface area contributed by atoms with Crippen molar-refractivity contribution in [2.45, 2.75) is 24.9 Å². The minimum atomic E-state index is -0.303. The summed E-state index contributed by atoms with van der Waals surface area (Å²) in [5.41, 5.74) is 1.53. The molecule has 33 heavy (non-hydrogen) atoms. The average Bonchev–Trinajstić information content (AvgIpc) is 3.45. The van der Waals surface area contributed by atoms with Crippen LogP contribution < -0.4 is 10.1 Å². The number of hydrogen-bond acceptors (Lipinski definition) is 8. The normalized spacial score (nSPS) is 11.1. The molecule has 0 aliphatic rings. The van der Waals surface area contributed by atoms with Crippen LogP contribution >= 0.6 is 23.4 Å². The van der Waals surface area contributed by atoms with Gasteiger partial charge in [-0.25, -0.2) is 0 Å². The fourth-order valence-corrected chi connectivity index (χ4v) is 3.92. The number of anilines is 1. The summed E-state index contributed by atoms with van der Waals surface area (Å²) in [6, 6.07) is 14.9. The van der Waals surface area contributed by atoms with Crippen LogP contribution in [0.2, 0.25) is 5.02 Å². The summed E-state index contributed by atoms with van der Waals surface area (Å²) in [6.07, 6.45) is 0. The van der Waals surface area contributed by atoms with E-state index in [9.17, 15) is 4.79 Å². The molecule has 0 radical (unpaired) electrons. The van der Waals surface area contributed by atoms with Gasteiger partial charge < -0.3 is 9.15 Å². The number of thioether (sulfide) groups is 1. The van der Waals surface area contributed by atoms with Gasteiger partial charge in [0.05, 0.1) is 17.9 Å². The summed E-state index contributed by atoms with van der Waals surface area (Å²) in [5.74, 6) is 1.58. The molecule has 4 rings (SSSR count). The highest BCUT2D eigenvalue weighted by Gasteiger charge is 2.20. The van der Waals surface area contributed by atoms with E-state index in [4.69, 9.17) is 20.8 Å². The van der Waals surface area contributed by atoms with E-state index >= 15 is 0 Å². The minimum absolute atomic E-state index is 0.0657. The molecule has 0 saturated heterocycles. The fourth-order valence-electron chi connectivity index (χ4n) is 2.95. The van der Waals surface area contributed by atoms with Crippen LogP contribution in [-0.4, -0.2) is 43.7 Å². The molecule has 9 nitrogen and oxygen atoms in total. The second-order valence-corrected chi connectivity index (χ2v) is 8.61. The quantitative estimate of drug-likeness (QED) is 0.354. The van der Waals surface area contributed by atoms with E-state index in [1.54, 1.807) is 13.2 Å². The van der Waals surface area contributed by atoms with Crippen molar-refractivity contribution in [1.82, 2.24) is 25.0 Å². The maximum atomic E-state index is 12.5. The van der Waals surface area contributed by atoms with Gasteiger partial charge in [-0.1, -0.05) is 54.4 Å². The van der Waals surface area contributed by atoms with Crippen molar-refractivity contribution in [3.05, 3.63) is 59.4 Å². The average molecular weight is 485 g/mol. The predicted octanol–water partition coefficient (Wildman–Crippen LogP) is 4.83. The van der Waals surface area contributed by atoms with E-state index in [0.29, 0.717) is 21.9 Å². The van der Waals surface area contributed by atoms with Gasteiger partial charge in [-0.2, -0.15) is 0 Å². The first-order valence-electron chi connectivity index (χ1n) is 10.1. The number of carbonyl (C=O) groups excluding carboxylic acids is 1. The number of ether oxygens (including phenoxy) is 1. The van der Waals surface area contributed by atoms with E-state index in [0.717, 1.165) is 17.0 Å². The number of nitrogens with zero attached hydrogens (tertiary/aromatic N) is 5. The van der Waals surface area contributed by atoms with Gasteiger partial charge >= 0.3 is 6.01 Å². The van der Waals surface area contributed by atoms with E-state index in [1.807, 2.05) is 60.9 Å². The number of carbonyl (C=O) groups is 1. The molecule has 0 atom stereocenters. The lowest BCUT2D eigenvalue weighted by atomic mass is 10.2. The van der Waals surface area contributed by atoms with Crippen LogP contribution in [0.25, 0.3) is 17.1 Å². The Balaban J connectivity index is 1.59. The van der Waals surface area contributed by atoms with Gasteiger partial charge in [-0.3, -0.25) is 14.7 Å². The number of nitrogens with one attached hydrogen (secondary N) is 1. The Bertz CT molecular complexity index is 1260. The molecular weight excluding hydrogens is 464 g/mol. The molecule has 0 fully saturated rings. The van der Waals surface area contributed by atoms with Gasteiger partial charge in [-0.05, 0) is 36.4 Å². The van der Waals surface area contributed by atoms with E-state index in [1.165, 1.54) is 11.8 Å². The zero-order valence-corrected chi connectivity index (χ0v) is 19.7. The number of aromatic nitrogens is 5. The van der Waals surface area contributed by atoms with Crippen molar-refractivity contribution in [2.24, 2.45) is 0 Å². The summed E-state index contributed by atoms with van der Waals surface area (Å²) >= 11 is 7.65. The van der Waals surface area contributed by atoms with Gasteiger partial charge in [0.25, 0.3) is 0 Å². The second-order valence-electron chi connectivity index (χ2n) is 7.26. The van der Waals surface area contributed by atoms with Crippen molar-refractivity contribution in [1.29, 1.82) is 0 Å². The number of amides is 1. The summed E-state index contributed by atoms with van der Waals surface area (Å²) in [4.78, 5) is 12.5. The molecule has 4 aromatic rings. The van der Waals surface area contributed by atoms with Crippen LogP contribution in [0.1, 0.15) is 25.7 Å². The van der Waals surface area contributed by atoms with Crippen molar-refractivity contribution in [3.63, 3.8) is 0 Å². The molecule has 2 heterocycles. The van der Waals surface area contributed by atoms with Crippen LogP contribution in [0.4, 0.5) is 6.01 Å². The van der Waals surface area contributed by atoms with Gasteiger partial charge in [0, 0.05) is 17.2 Å². The molecule has 2 aromatic heterocycles. The van der Waals surface area contributed by atoms with Gasteiger partial charge in [0.15, 0.2) is 11.0 Å². The van der Waals surface area contributed by atoms with Crippen LogP contribution in [0.15, 0.2) is 58.1 Å². The lowest BCUT2D eigenvalue weighted by Gasteiger charge is -2.11. The highest BCUT2D eigenvalue weighted by molar-refractivity contribution is 7.99. The van der Waals surface area contributed by atoms with Crippen LogP contribution in [0.5, 0.6) is 5.75 Å². The molecule has 170 valence electrons. The number of methoxy groups -OCH3 is 1. The minimum Gasteiger partial charge on any atom is -0.497 e. The maximum Gasteiger partial charge on any atom is 0.322 e. The molecule has 0 aliphatic carbocycles. The second kappa shape index (κ2) is 10.1. The first kappa shape index (κ1) is 22.8. The molecule has 1 N–H and O–H groups in total. The Morgan fingerprint density at radius 3 is 2.55 bits per heavy atom. The van der Waals surface area contributed by atoms with E-state index in [2.05, 4.69) is 25.7 Å². The number of benzene rings is 2. The molecule has 0 unspecified atom stereocenters. The molecular formula is C22H21ClN6O3S. The third kappa shape index (κ3) is 5.18. The largest absolute Gasteiger partial charge is 0.497 e. The highest BCUT2D eigenvalue weighted by atomic mass is 35.5. The topological polar surface area (TPSA) is 108 Å². The third-order valence-electron chi connectivity index (χ3n) is 4.59. The van der Waals surface area contributed by atoms with Crippen LogP contribution in [0, 0.1) is 0 Å². The Hall–Kier alpha value is -3.37. The first-order valence-corrected chi connectivity index (χ1v) is 11.4. The Kier molecular flexibility index (Phi) is 6.95. The molecule has 0 spiro atoms. The SMILES string of the molecule is COc1ccc(-n2c(SCC(=O)Nc3nnc(C(C)C)o3)nnc2-c2ccccc2Cl)cc1. The third-order valence-corrected chi connectivity index (χ3v) is 5.85. The van der Waals surface area contributed by atoms with E-state index < -0.39 is 0 Å². The smallest absolute Gasteiger partial charge is 0.322 e. The lowest BCUT2D eigenvalue weighted by molar-refractivity contribution is -0.113. The molecule has 11 heteroatoms. The molecule has 0 saturated carbocycles. The summed E-state index contributed by atoms with van der Waals surface area (Å²) < 4.78 is 12.5. The van der Waals surface area contributed by atoms with Crippen molar-refractivity contribution in [2.75, 3.05) is 18.2 Å². The predicted molar refractivity (Wildman–Crippen MR) is 126 cm³/mol. The Labute approximate surface area is 199 Å². The monoisotopic (exact) mass is 484 g/mol. The van der Waals surface area contributed by atoms with Gasteiger partial charge in [-0.15, -0.1) is 15.3 Å². The first-order chi connectivity index (χ1) is 16.0. The zero-order chi connectivity index (χ0) is 23.4. The zero-order valence-electron chi connectivity index (χ0n) is 18.2. The van der Waals surface area contributed by atoms with Crippen LogP contribution in [0.3, 0.4) is 0 Å². The Morgan fingerprint density at radius 1 is 1.12 bits per heavy atom. The molecule has 1 amide bonds. The maximum absolute atomic E-state index is 12.5. The highest BCUT2D eigenvalue weighted by Crippen LogP contribution is 2.32. The summed E-state index contributed by atoms with van der Waals surface area (Å²) in [6.45, 7) is 3.86. The van der Waals surface area contributed by atoms with Crippen molar-refractivity contribution < 1.29 is 13.9 Å². The van der Waals surface area contributed by atoms with Gasteiger partial charge in [0.2, 0.25) is 11.8 Å². The molecule has 0 aliphatic heterocycles. The number of halogens is 1. The summed E-state index contributed by atoms with van der Waals surface area (Å²) in [5, 5.41) is 20.1. The van der Waals surface area contributed by atoms with Gasteiger partial charge in [0.1, 0.15) is 5.75 Å². The van der Waals surface area contributed by atoms with E-state index in [-0.39, 0.29) is 23.6 Å². The van der Waals surface area contributed by atoms with Crippen molar-refractivity contribution in [3.8, 4) is 22.8 Å². The van der Waals surface area contributed by atoms with Crippen LogP contribution in [-0.2, 0) is 4.79 Å². The Morgan fingerprint density at radius 2 is 1.88 bits per heavy atom. The standard InChI is InChI=1S/C22H21ClN6O3S/c1-13(2)20-26-27-21(32-20)24-18(30)12-33-22-28-25-19(16-6-4-5-7-17(16)23)29(22)14-8-10-15(31-3)11-9-14/h4-11,13H,12H2,1-3H3,(H,24,27,30). The van der Waals surface area contributed by atoms with Crippen molar-refractivity contribution >= 4 is 35.3 Å². The molecule has 2 aromatic carbocycles. The summed E-state index contributed by atoms with van der Waals surface area (Å²) in [7, 11) is 1.61. The molecule has 0 bridgehead atoms. The lowest BCUT2D eigenvalue weighted by Crippen LogP contribution is -2.15. The number of hydrogen-bond donors (Lipinski definition) is 1. The number of rotatable bonds is 8.